The van der Waals surface area contributed by atoms with E-state index < -0.39 is 41.2 Å². The van der Waals surface area contributed by atoms with Crippen LogP contribution in [0.1, 0.15) is 21.8 Å². The molecule has 4 N–H and O–H groups in total. The van der Waals surface area contributed by atoms with E-state index in [1.165, 1.54) is 24.3 Å². The summed E-state index contributed by atoms with van der Waals surface area (Å²) in [5.74, 6) is -5.30. The lowest BCUT2D eigenvalue weighted by atomic mass is 9.97. The second kappa shape index (κ2) is 6.77. The summed E-state index contributed by atoms with van der Waals surface area (Å²) in [7, 11) is 0. The van der Waals surface area contributed by atoms with Crippen molar-refractivity contribution in [1.29, 1.82) is 0 Å². The Morgan fingerprint density at radius 3 is 2.15 bits per heavy atom. The van der Waals surface area contributed by atoms with Gasteiger partial charge in [-0.1, -0.05) is 12.1 Å². The van der Waals surface area contributed by atoms with Crippen molar-refractivity contribution in [3.63, 3.8) is 0 Å². The molecule has 10 heteroatoms. The number of anilines is 2. The molecule has 0 aliphatic carbocycles. The van der Waals surface area contributed by atoms with E-state index in [9.17, 15) is 36.2 Å². The first-order chi connectivity index (χ1) is 11.9. The van der Waals surface area contributed by atoms with Crippen LogP contribution in [0, 0.1) is 0 Å². The fraction of sp³-hybridized carbons (Fsp3) is 0.188. The lowest BCUT2D eigenvalue weighted by Crippen LogP contribution is -2.34. The molecule has 0 radical (unpaired) electrons. The van der Waals surface area contributed by atoms with Crippen molar-refractivity contribution in [1.82, 2.24) is 0 Å². The van der Waals surface area contributed by atoms with Gasteiger partial charge in [0.25, 0.3) is 5.91 Å². The Hall–Kier alpha value is -2.91. The Kier molecular flexibility index (Phi) is 5.06. The number of aromatic hydroxyl groups is 1. The molecule has 0 aliphatic heterocycles. The average molecular weight is 378 g/mol. The number of nitrogens with one attached hydrogen (secondary N) is 1. The van der Waals surface area contributed by atoms with Gasteiger partial charge < -0.3 is 16.2 Å². The number of hydrogen-bond acceptors (Lipinski definition) is 3. The number of phenolic OH excluding ortho intramolecular Hbond substituents is 1. The third-order valence-corrected chi connectivity index (χ3v) is 3.41. The minimum atomic E-state index is -5.59. The highest BCUT2D eigenvalue weighted by Crippen LogP contribution is 2.47. The highest BCUT2D eigenvalue weighted by Gasteiger charge is 2.57. The molecule has 0 saturated heterocycles. The molecular formula is C16H12F6N2O2. The van der Waals surface area contributed by atoms with E-state index in [0.29, 0.717) is 18.2 Å². The largest absolute Gasteiger partial charge is 0.506 e. The minimum Gasteiger partial charge on any atom is -0.506 e. The van der Waals surface area contributed by atoms with Crippen molar-refractivity contribution < 1.29 is 36.2 Å². The molecule has 0 aromatic heterocycles. The van der Waals surface area contributed by atoms with Crippen LogP contribution in [-0.2, 0) is 0 Å². The second-order valence-corrected chi connectivity index (χ2v) is 5.37. The molecule has 140 valence electrons. The molecule has 2 rings (SSSR count). The summed E-state index contributed by atoms with van der Waals surface area (Å²) in [6, 6.07) is 7.08. The van der Waals surface area contributed by atoms with Gasteiger partial charge in [-0.15, -0.1) is 0 Å². The summed E-state index contributed by atoms with van der Waals surface area (Å²) in [6.07, 6.45) is -11.2. The maximum atomic E-state index is 12.8. The maximum Gasteiger partial charge on any atom is 0.404 e. The molecule has 26 heavy (non-hydrogen) atoms. The molecule has 0 heterocycles. The maximum absolute atomic E-state index is 12.8. The lowest BCUT2D eigenvalue weighted by Gasteiger charge is -2.24. The molecule has 0 atom stereocenters. The normalized spacial score (nSPS) is 12.3. The molecule has 0 bridgehead atoms. The van der Waals surface area contributed by atoms with E-state index in [1.807, 2.05) is 0 Å². The Morgan fingerprint density at radius 2 is 1.62 bits per heavy atom. The first kappa shape index (κ1) is 19.4. The summed E-state index contributed by atoms with van der Waals surface area (Å²) in [4.78, 5) is 12.1. The van der Waals surface area contributed by atoms with E-state index in [1.54, 1.807) is 0 Å². The van der Waals surface area contributed by atoms with Gasteiger partial charge in [-0.05, 0) is 35.9 Å². The standard InChI is InChI=1S/C16H12F6N2O2/c17-15(18,19)13(16(20,21)22)8-4-5-12(25)11(7-8)24-14(26)9-2-1-3-10(23)6-9/h1-7,13,25H,23H2,(H,24,26). The number of nitrogen functional groups attached to an aromatic ring is 1. The summed E-state index contributed by atoms with van der Waals surface area (Å²) in [5.41, 5.74) is 3.99. The van der Waals surface area contributed by atoms with Crippen LogP contribution < -0.4 is 11.1 Å². The average Bonchev–Trinajstić information content (AvgIpc) is 2.47. The zero-order chi connectivity index (χ0) is 19.7. The van der Waals surface area contributed by atoms with Gasteiger partial charge in [0.05, 0.1) is 5.69 Å². The topological polar surface area (TPSA) is 75.4 Å². The molecule has 0 saturated carbocycles. The smallest absolute Gasteiger partial charge is 0.404 e. The number of phenols is 1. The van der Waals surface area contributed by atoms with Crippen LogP contribution in [0.2, 0.25) is 0 Å². The zero-order valence-corrected chi connectivity index (χ0v) is 12.8. The van der Waals surface area contributed by atoms with E-state index >= 15 is 0 Å². The number of amides is 1. The Balaban J connectivity index is 2.39. The summed E-state index contributed by atoms with van der Waals surface area (Å²) in [6.45, 7) is 0. The monoisotopic (exact) mass is 378 g/mol. The van der Waals surface area contributed by atoms with E-state index in [2.05, 4.69) is 5.32 Å². The third kappa shape index (κ3) is 4.38. The van der Waals surface area contributed by atoms with Gasteiger partial charge in [-0.3, -0.25) is 4.79 Å². The predicted molar refractivity (Wildman–Crippen MR) is 81.8 cm³/mol. The highest BCUT2D eigenvalue weighted by atomic mass is 19.4. The van der Waals surface area contributed by atoms with Crippen molar-refractivity contribution >= 4 is 17.3 Å². The van der Waals surface area contributed by atoms with Crippen LogP contribution in [0.3, 0.4) is 0 Å². The number of benzene rings is 2. The number of nitrogens with two attached hydrogens (primary N) is 1. The predicted octanol–water partition coefficient (Wildman–Crippen LogP) is 4.43. The van der Waals surface area contributed by atoms with Gasteiger partial charge in [-0.2, -0.15) is 26.3 Å². The van der Waals surface area contributed by atoms with Crippen LogP contribution in [0.25, 0.3) is 0 Å². The minimum absolute atomic E-state index is 0.0120. The van der Waals surface area contributed by atoms with Crippen molar-refractivity contribution in [2.24, 2.45) is 0 Å². The van der Waals surface area contributed by atoms with Gasteiger partial charge in [0.1, 0.15) is 5.75 Å². The molecule has 4 nitrogen and oxygen atoms in total. The van der Waals surface area contributed by atoms with Gasteiger partial charge in [-0.25, -0.2) is 0 Å². The molecular weight excluding hydrogens is 366 g/mol. The van der Waals surface area contributed by atoms with Crippen molar-refractivity contribution in [3.8, 4) is 5.75 Å². The lowest BCUT2D eigenvalue weighted by molar-refractivity contribution is -0.253. The van der Waals surface area contributed by atoms with Gasteiger partial charge >= 0.3 is 12.4 Å². The quantitative estimate of drug-likeness (QED) is 0.420. The van der Waals surface area contributed by atoms with Crippen LogP contribution >= 0.6 is 0 Å². The van der Waals surface area contributed by atoms with E-state index in [-0.39, 0.29) is 11.3 Å². The van der Waals surface area contributed by atoms with Crippen LogP contribution in [0.5, 0.6) is 5.75 Å². The fourth-order valence-electron chi connectivity index (χ4n) is 2.27. The molecule has 0 fully saturated rings. The van der Waals surface area contributed by atoms with Crippen LogP contribution in [0.4, 0.5) is 37.7 Å². The third-order valence-electron chi connectivity index (χ3n) is 3.41. The number of alkyl halides is 6. The molecule has 1 amide bonds. The van der Waals surface area contributed by atoms with Gasteiger partial charge in [0.2, 0.25) is 0 Å². The second-order valence-electron chi connectivity index (χ2n) is 5.37. The van der Waals surface area contributed by atoms with Gasteiger partial charge in [0, 0.05) is 11.3 Å². The summed E-state index contributed by atoms with van der Waals surface area (Å²) in [5, 5.41) is 11.7. The highest BCUT2D eigenvalue weighted by molar-refractivity contribution is 6.05. The van der Waals surface area contributed by atoms with E-state index in [0.717, 1.165) is 0 Å². The molecule has 2 aromatic rings. The van der Waals surface area contributed by atoms with Gasteiger partial charge in [0.15, 0.2) is 5.92 Å². The first-order valence-corrected chi connectivity index (χ1v) is 7.03. The molecule has 2 aromatic carbocycles. The Labute approximate surface area is 143 Å². The molecule has 0 spiro atoms. The first-order valence-electron chi connectivity index (χ1n) is 7.03. The number of halogens is 6. The van der Waals surface area contributed by atoms with E-state index in [4.69, 9.17) is 5.73 Å². The molecule has 0 aliphatic rings. The van der Waals surface area contributed by atoms with Crippen molar-refractivity contribution in [2.45, 2.75) is 18.3 Å². The Bertz CT molecular complexity index is 803. The van der Waals surface area contributed by atoms with Crippen molar-refractivity contribution in [3.05, 3.63) is 53.6 Å². The summed E-state index contributed by atoms with van der Waals surface area (Å²) < 4.78 is 76.9. The van der Waals surface area contributed by atoms with Crippen LogP contribution in [-0.4, -0.2) is 23.4 Å². The fourth-order valence-corrected chi connectivity index (χ4v) is 2.27. The molecule has 0 unspecified atom stereocenters. The van der Waals surface area contributed by atoms with Crippen molar-refractivity contribution in [2.75, 3.05) is 11.1 Å². The van der Waals surface area contributed by atoms with Crippen LogP contribution in [0.15, 0.2) is 42.5 Å². The number of rotatable bonds is 3. The zero-order valence-electron chi connectivity index (χ0n) is 12.8. The number of carbonyl (C=O) groups is 1. The Morgan fingerprint density at radius 1 is 1.00 bits per heavy atom. The number of hydrogen-bond donors (Lipinski definition) is 3. The summed E-state index contributed by atoms with van der Waals surface area (Å²) >= 11 is 0. The number of carbonyl (C=O) groups excluding carboxylic acids is 1. The SMILES string of the molecule is Nc1cccc(C(=O)Nc2cc(C(C(F)(F)F)C(F)(F)F)ccc2O)c1.